The fraction of sp³-hybridized carbons (Fsp3) is 0.467. The van der Waals surface area contributed by atoms with Crippen LogP contribution in [0, 0.1) is 6.92 Å². The van der Waals surface area contributed by atoms with E-state index in [4.69, 9.17) is 9.52 Å². The van der Waals surface area contributed by atoms with Crippen molar-refractivity contribution in [2.75, 3.05) is 19.7 Å². The number of hydrogen-bond acceptors (Lipinski definition) is 5. The summed E-state index contributed by atoms with van der Waals surface area (Å²) < 4.78 is 5.71. The molecule has 0 aliphatic rings. The number of aromatic nitrogens is 2. The smallest absolute Gasteiger partial charge is 0.247 e. The van der Waals surface area contributed by atoms with Crippen LogP contribution >= 0.6 is 0 Å². The molecule has 1 N–H and O–H groups in total. The second-order valence-electron chi connectivity index (χ2n) is 4.82. The van der Waals surface area contributed by atoms with Crippen molar-refractivity contribution in [2.45, 2.75) is 26.8 Å². The lowest BCUT2D eigenvalue weighted by atomic mass is 10.1. The molecule has 20 heavy (non-hydrogen) atoms. The maximum atomic E-state index is 8.88. The first-order valence-corrected chi connectivity index (χ1v) is 6.95. The number of nitrogens with zero attached hydrogens (tertiary/aromatic N) is 3. The van der Waals surface area contributed by atoms with Crippen molar-refractivity contribution in [3.05, 3.63) is 35.7 Å². The highest BCUT2D eigenvalue weighted by molar-refractivity contribution is 5.53. The van der Waals surface area contributed by atoms with Gasteiger partial charge in [0.25, 0.3) is 0 Å². The van der Waals surface area contributed by atoms with Crippen molar-refractivity contribution in [2.24, 2.45) is 0 Å². The van der Waals surface area contributed by atoms with Crippen LogP contribution in [0.25, 0.3) is 11.5 Å². The average molecular weight is 275 g/mol. The van der Waals surface area contributed by atoms with E-state index in [0.717, 1.165) is 25.1 Å². The number of benzene rings is 1. The van der Waals surface area contributed by atoms with Gasteiger partial charge in [0.15, 0.2) is 0 Å². The van der Waals surface area contributed by atoms with Gasteiger partial charge in [-0.25, -0.2) is 0 Å². The molecule has 2 aromatic rings. The predicted molar refractivity (Wildman–Crippen MR) is 77.1 cm³/mol. The van der Waals surface area contributed by atoms with Crippen LogP contribution in [0.5, 0.6) is 0 Å². The van der Waals surface area contributed by atoms with E-state index in [1.54, 1.807) is 0 Å². The molecule has 5 nitrogen and oxygen atoms in total. The molecule has 0 atom stereocenters. The number of aryl methyl sites for hydroxylation is 1. The zero-order chi connectivity index (χ0) is 14.4. The van der Waals surface area contributed by atoms with Gasteiger partial charge in [-0.15, -0.1) is 10.2 Å². The van der Waals surface area contributed by atoms with E-state index in [1.807, 2.05) is 31.2 Å². The highest BCUT2D eigenvalue weighted by Crippen LogP contribution is 2.19. The summed E-state index contributed by atoms with van der Waals surface area (Å²) >= 11 is 0. The molecule has 0 saturated heterocycles. The van der Waals surface area contributed by atoms with E-state index in [-0.39, 0.29) is 6.61 Å². The first kappa shape index (κ1) is 14.7. The second kappa shape index (κ2) is 7.17. The molecular formula is C15H21N3O2. The van der Waals surface area contributed by atoms with Gasteiger partial charge in [0.2, 0.25) is 11.8 Å². The molecule has 0 aliphatic heterocycles. The largest absolute Gasteiger partial charge is 0.419 e. The first-order chi connectivity index (χ1) is 9.72. The minimum absolute atomic E-state index is 0.203. The zero-order valence-corrected chi connectivity index (χ0v) is 12.0. The lowest BCUT2D eigenvalue weighted by molar-refractivity contribution is 0.212. The van der Waals surface area contributed by atoms with Crippen LogP contribution in [-0.2, 0) is 6.54 Å². The normalized spacial score (nSPS) is 11.2. The van der Waals surface area contributed by atoms with Gasteiger partial charge in [-0.2, -0.15) is 0 Å². The Balaban J connectivity index is 2.05. The molecule has 0 radical (unpaired) electrons. The minimum atomic E-state index is 0.203. The van der Waals surface area contributed by atoms with Crippen molar-refractivity contribution in [3.8, 4) is 11.5 Å². The summed E-state index contributed by atoms with van der Waals surface area (Å²) in [7, 11) is 0. The third kappa shape index (κ3) is 3.88. The van der Waals surface area contributed by atoms with Gasteiger partial charge in [-0.05, 0) is 32.0 Å². The third-order valence-corrected chi connectivity index (χ3v) is 3.17. The van der Waals surface area contributed by atoms with Gasteiger partial charge in [0.1, 0.15) is 0 Å². The quantitative estimate of drug-likeness (QED) is 0.839. The zero-order valence-electron chi connectivity index (χ0n) is 12.0. The van der Waals surface area contributed by atoms with Gasteiger partial charge >= 0.3 is 0 Å². The van der Waals surface area contributed by atoms with Gasteiger partial charge in [0.05, 0.1) is 6.54 Å². The van der Waals surface area contributed by atoms with E-state index in [1.165, 1.54) is 5.56 Å². The Morgan fingerprint density at radius 3 is 2.85 bits per heavy atom. The number of hydrogen-bond donors (Lipinski definition) is 1. The van der Waals surface area contributed by atoms with Crippen molar-refractivity contribution in [1.29, 1.82) is 0 Å². The third-order valence-electron chi connectivity index (χ3n) is 3.17. The first-order valence-electron chi connectivity index (χ1n) is 6.95. The van der Waals surface area contributed by atoms with Crippen LogP contribution in [0.1, 0.15) is 24.8 Å². The van der Waals surface area contributed by atoms with Gasteiger partial charge in [-0.1, -0.05) is 24.6 Å². The van der Waals surface area contributed by atoms with Gasteiger partial charge in [0, 0.05) is 18.7 Å². The molecule has 0 unspecified atom stereocenters. The second-order valence-corrected chi connectivity index (χ2v) is 4.82. The summed E-state index contributed by atoms with van der Waals surface area (Å²) in [5, 5.41) is 17.1. The average Bonchev–Trinajstić information content (AvgIpc) is 2.92. The molecule has 0 bridgehead atoms. The molecule has 5 heteroatoms. The molecule has 1 aromatic carbocycles. The fourth-order valence-electron chi connectivity index (χ4n) is 2.05. The molecule has 0 spiro atoms. The van der Waals surface area contributed by atoms with Crippen LogP contribution in [0.4, 0.5) is 0 Å². The highest BCUT2D eigenvalue weighted by Gasteiger charge is 2.11. The molecule has 0 saturated carbocycles. The number of rotatable bonds is 7. The maximum absolute atomic E-state index is 8.88. The van der Waals surface area contributed by atoms with Crippen molar-refractivity contribution in [3.63, 3.8) is 0 Å². The Kier molecular flexibility index (Phi) is 5.26. The Morgan fingerprint density at radius 1 is 1.30 bits per heavy atom. The van der Waals surface area contributed by atoms with E-state index >= 15 is 0 Å². The highest BCUT2D eigenvalue weighted by atomic mass is 16.4. The summed E-state index contributed by atoms with van der Waals surface area (Å²) in [6.07, 6.45) is 0.757. The molecule has 2 rings (SSSR count). The van der Waals surface area contributed by atoms with Gasteiger partial charge in [-0.3, -0.25) is 4.90 Å². The molecule has 0 fully saturated rings. The van der Waals surface area contributed by atoms with Crippen LogP contribution in [0.3, 0.4) is 0 Å². The lowest BCUT2D eigenvalue weighted by Gasteiger charge is -2.17. The van der Waals surface area contributed by atoms with Crippen LogP contribution in [-0.4, -0.2) is 39.9 Å². The van der Waals surface area contributed by atoms with Crippen LogP contribution < -0.4 is 0 Å². The minimum Gasteiger partial charge on any atom is -0.419 e. The Hall–Kier alpha value is -1.72. The molecule has 1 aromatic heterocycles. The van der Waals surface area contributed by atoms with Crippen LogP contribution in [0.15, 0.2) is 28.7 Å². The SMILES string of the molecule is CCN(CCCO)Cc1nnc(-c2cccc(C)c2)o1. The summed E-state index contributed by atoms with van der Waals surface area (Å²) in [4.78, 5) is 2.17. The lowest BCUT2D eigenvalue weighted by Crippen LogP contribution is -2.24. The topological polar surface area (TPSA) is 62.4 Å². The maximum Gasteiger partial charge on any atom is 0.247 e. The summed E-state index contributed by atoms with van der Waals surface area (Å²) in [5.74, 6) is 1.17. The van der Waals surface area contributed by atoms with Crippen molar-refractivity contribution >= 4 is 0 Å². The monoisotopic (exact) mass is 275 g/mol. The Bertz CT molecular complexity index is 539. The van der Waals surface area contributed by atoms with Crippen molar-refractivity contribution in [1.82, 2.24) is 15.1 Å². The van der Waals surface area contributed by atoms with E-state index in [2.05, 4.69) is 22.0 Å². The standard InChI is InChI=1S/C15H21N3O2/c1-3-18(8-5-9-19)11-14-16-17-15(20-14)13-7-4-6-12(2)10-13/h4,6-7,10,19H,3,5,8-9,11H2,1-2H3. The Morgan fingerprint density at radius 2 is 2.15 bits per heavy atom. The van der Waals surface area contributed by atoms with Gasteiger partial charge < -0.3 is 9.52 Å². The Labute approximate surface area is 119 Å². The molecule has 0 amide bonds. The van der Waals surface area contributed by atoms with E-state index in [9.17, 15) is 0 Å². The predicted octanol–water partition coefficient (Wildman–Crippen LogP) is 2.25. The molecule has 1 heterocycles. The number of aliphatic hydroxyl groups is 1. The molecule has 108 valence electrons. The summed E-state index contributed by atoms with van der Waals surface area (Å²) in [6, 6.07) is 8.01. The van der Waals surface area contributed by atoms with E-state index in [0.29, 0.717) is 18.3 Å². The van der Waals surface area contributed by atoms with Crippen LogP contribution in [0.2, 0.25) is 0 Å². The summed E-state index contributed by atoms with van der Waals surface area (Å²) in [6.45, 7) is 6.66. The summed E-state index contributed by atoms with van der Waals surface area (Å²) in [5.41, 5.74) is 2.11. The number of aliphatic hydroxyl groups excluding tert-OH is 1. The fourth-order valence-corrected chi connectivity index (χ4v) is 2.05. The van der Waals surface area contributed by atoms with Crippen molar-refractivity contribution < 1.29 is 9.52 Å². The van der Waals surface area contributed by atoms with E-state index < -0.39 is 0 Å². The molecular weight excluding hydrogens is 254 g/mol. The molecule has 0 aliphatic carbocycles.